The number of carbonyl (C=O) groups is 3. The molecule has 0 aromatic carbocycles. The number of amides is 3. The van der Waals surface area contributed by atoms with E-state index in [2.05, 4.69) is 5.32 Å². The highest BCUT2D eigenvalue weighted by molar-refractivity contribution is 5.80. The van der Waals surface area contributed by atoms with E-state index in [1.165, 1.54) is 0 Å². The lowest BCUT2D eigenvalue weighted by Crippen LogP contribution is -2.52. The van der Waals surface area contributed by atoms with Crippen LogP contribution in [0.4, 0.5) is 4.79 Å². The SMILES string of the molecule is NC(=O)C1CCN(C(=O)NCC2(C(=O)O)CCC2)CC1. The Morgan fingerprint density at radius 2 is 1.85 bits per heavy atom. The summed E-state index contributed by atoms with van der Waals surface area (Å²) in [6.07, 6.45) is 3.28. The van der Waals surface area contributed by atoms with E-state index in [1.54, 1.807) is 4.90 Å². The molecule has 7 heteroatoms. The minimum absolute atomic E-state index is 0.156. The summed E-state index contributed by atoms with van der Waals surface area (Å²) in [5.74, 6) is -1.31. The highest BCUT2D eigenvalue weighted by atomic mass is 16.4. The molecule has 1 aliphatic carbocycles. The van der Waals surface area contributed by atoms with Crippen molar-refractivity contribution in [1.29, 1.82) is 0 Å². The zero-order valence-corrected chi connectivity index (χ0v) is 11.4. The van der Waals surface area contributed by atoms with E-state index in [1.807, 2.05) is 0 Å². The quantitative estimate of drug-likeness (QED) is 0.681. The summed E-state index contributed by atoms with van der Waals surface area (Å²) in [5, 5.41) is 11.9. The van der Waals surface area contributed by atoms with Crippen molar-refractivity contribution in [2.45, 2.75) is 32.1 Å². The van der Waals surface area contributed by atoms with Gasteiger partial charge in [0.1, 0.15) is 0 Å². The number of carboxylic acid groups (broad SMARTS) is 1. The second-order valence-electron chi connectivity index (χ2n) is 5.76. The summed E-state index contributed by atoms with van der Waals surface area (Å²) in [7, 11) is 0. The molecule has 2 aliphatic rings. The van der Waals surface area contributed by atoms with Gasteiger partial charge in [0.2, 0.25) is 5.91 Å². The molecule has 2 fully saturated rings. The van der Waals surface area contributed by atoms with E-state index in [4.69, 9.17) is 5.73 Å². The minimum Gasteiger partial charge on any atom is -0.481 e. The predicted molar refractivity (Wildman–Crippen MR) is 70.8 cm³/mol. The molecular formula is C13H21N3O4. The molecule has 1 heterocycles. The summed E-state index contributed by atoms with van der Waals surface area (Å²) in [6.45, 7) is 1.15. The topological polar surface area (TPSA) is 113 Å². The summed E-state index contributed by atoms with van der Waals surface area (Å²) < 4.78 is 0. The number of likely N-dealkylation sites (tertiary alicyclic amines) is 1. The minimum atomic E-state index is -0.837. The molecule has 4 N–H and O–H groups in total. The Kier molecular flexibility index (Phi) is 4.15. The molecule has 1 aliphatic heterocycles. The van der Waals surface area contributed by atoms with Crippen LogP contribution in [0, 0.1) is 11.3 Å². The lowest BCUT2D eigenvalue weighted by Gasteiger charge is -2.38. The number of nitrogens with one attached hydrogen (secondary N) is 1. The average molecular weight is 283 g/mol. The molecule has 7 nitrogen and oxygen atoms in total. The van der Waals surface area contributed by atoms with Gasteiger partial charge in [0.15, 0.2) is 0 Å². The first kappa shape index (κ1) is 14.6. The van der Waals surface area contributed by atoms with Crippen molar-refractivity contribution in [1.82, 2.24) is 10.2 Å². The molecule has 0 aromatic heterocycles. The molecule has 0 radical (unpaired) electrons. The standard InChI is InChI=1S/C13H21N3O4/c14-10(17)9-2-6-16(7-3-9)12(20)15-8-13(11(18)19)4-1-5-13/h9H,1-8H2,(H2,14,17)(H,15,20)(H,18,19). The Balaban J connectivity index is 1.79. The molecule has 2 rings (SSSR count). The molecule has 20 heavy (non-hydrogen) atoms. The maximum absolute atomic E-state index is 12.0. The highest BCUT2D eigenvalue weighted by Crippen LogP contribution is 2.40. The number of carbonyl (C=O) groups excluding carboxylic acids is 2. The highest BCUT2D eigenvalue weighted by Gasteiger charge is 2.44. The third-order valence-corrected chi connectivity index (χ3v) is 4.53. The molecule has 0 atom stereocenters. The number of rotatable bonds is 4. The van der Waals surface area contributed by atoms with E-state index >= 15 is 0 Å². The first-order valence-corrected chi connectivity index (χ1v) is 7.00. The van der Waals surface area contributed by atoms with Crippen LogP contribution in [0.2, 0.25) is 0 Å². The third kappa shape index (κ3) is 2.86. The van der Waals surface area contributed by atoms with Gasteiger partial charge in [-0.2, -0.15) is 0 Å². The number of piperidine rings is 1. The Hall–Kier alpha value is -1.79. The lowest BCUT2D eigenvalue weighted by atomic mass is 9.69. The lowest BCUT2D eigenvalue weighted by molar-refractivity contribution is -0.153. The van der Waals surface area contributed by atoms with Crippen molar-refractivity contribution in [2.24, 2.45) is 17.1 Å². The van der Waals surface area contributed by atoms with Crippen LogP contribution in [-0.4, -0.2) is 47.5 Å². The first-order chi connectivity index (χ1) is 9.44. The predicted octanol–water partition coefficient (Wildman–Crippen LogP) is 0.148. The van der Waals surface area contributed by atoms with Gasteiger partial charge >= 0.3 is 12.0 Å². The third-order valence-electron chi connectivity index (χ3n) is 4.53. The summed E-state index contributed by atoms with van der Waals surface area (Å²) in [4.78, 5) is 35.8. The number of carboxylic acids is 1. The van der Waals surface area contributed by atoms with Crippen molar-refractivity contribution in [3.63, 3.8) is 0 Å². The van der Waals surface area contributed by atoms with Crippen molar-refractivity contribution in [2.75, 3.05) is 19.6 Å². The number of primary amides is 1. The van der Waals surface area contributed by atoms with Gasteiger partial charge in [-0.3, -0.25) is 9.59 Å². The van der Waals surface area contributed by atoms with Crippen LogP contribution in [0.15, 0.2) is 0 Å². The molecule has 3 amide bonds. The van der Waals surface area contributed by atoms with E-state index in [9.17, 15) is 19.5 Å². The van der Waals surface area contributed by atoms with Crippen LogP contribution in [0.3, 0.4) is 0 Å². The van der Waals surface area contributed by atoms with Gasteiger partial charge in [-0.05, 0) is 25.7 Å². The summed E-state index contributed by atoms with van der Waals surface area (Å²) in [5.41, 5.74) is 4.46. The van der Waals surface area contributed by atoms with Crippen LogP contribution in [-0.2, 0) is 9.59 Å². The van der Waals surface area contributed by atoms with Gasteiger partial charge in [0.05, 0.1) is 5.41 Å². The van der Waals surface area contributed by atoms with Crippen LogP contribution in [0.25, 0.3) is 0 Å². The van der Waals surface area contributed by atoms with Gasteiger partial charge in [-0.15, -0.1) is 0 Å². The normalized spacial score (nSPS) is 21.9. The van der Waals surface area contributed by atoms with Gasteiger partial charge in [-0.25, -0.2) is 4.79 Å². The Morgan fingerprint density at radius 3 is 2.25 bits per heavy atom. The van der Waals surface area contributed by atoms with Crippen LogP contribution >= 0.6 is 0 Å². The molecule has 112 valence electrons. The molecular weight excluding hydrogens is 262 g/mol. The molecule has 1 saturated carbocycles. The van der Waals surface area contributed by atoms with Crippen LogP contribution in [0.1, 0.15) is 32.1 Å². The van der Waals surface area contributed by atoms with Crippen LogP contribution in [0.5, 0.6) is 0 Å². The van der Waals surface area contributed by atoms with Crippen LogP contribution < -0.4 is 11.1 Å². The van der Waals surface area contributed by atoms with Crippen molar-refractivity contribution < 1.29 is 19.5 Å². The van der Waals surface area contributed by atoms with Crippen molar-refractivity contribution >= 4 is 17.9 Å². The van der Waals surface area contributed by atoms with Crippen molar-refractivity contribution in [3.05, 3.63) is 0 Å². The Labute approximate surface area is 117 Å². The number of urea groups is 1. The summed E-state index contributed by atoms with van der Waals surface area (Å²) >= 11 is 0. The monoisotopic (exact) mass is 283 g/mol. The smallest absolute Gasteiger partial charge is 0.317 e. The zero-order valence-electron chi connectivity index (χ0n) is 11.4. The summed E-state index contributed by atoms with van der Waals surface area (Å²) in [6, 6.07) is -0.250. The van der Waals surface area contributed by atoms with Gasteiger partial charge in [-0.1, -0.05) is 6.42 Å². The first-order valence-electron chi connectivity index (χ1n) is 7.00. The number of nitrogens with zero attached hydrogens (tertiary/aromatic N) is 1. The number of nitrogens with two attached hydrogens (primary N) is 1. The number of hydrogen-bond donors (Lipinski definition) is 3. The van der Waals surface area contributed by atoms with Gasteiger partial charge in [0, 0.05) is 25.6 Å². The Bertz CT molecular complexity index is 412. The molecule has 1 saturated heterocycles. The maximum atomic E-state index is 12.0. The largest absolute Gasteiger partial charge is 0.481 e. The fourth-order valence-electron chi connectivity index (χ4n) is 2.79. The molecule has 0 unspecified atom stereocenters. The number of hydrogen-bond acceptors (Lipinski definition) is 3. The zero-order chi connectivity index (χ0) is 14.8. The van der Waals surface area contributed by atoms with Gasteiger partial charge < -0.3 is 21.1 Å². The van der Waals surface area contributed by atoms with E-state index in [-0.39, 0.29) is 24.4 Å². The fourth-order valence-corrected chi connectivity index (χ4v) is 2.79. The molecule has 0 bridgehead atoms. The van der Waals surface area contributed by atoms with E-state index in [0.717, 1.165) is 6.42 Å². The molecule has 0 spiro atoms. The molecule has 0 aromatic rings. The second kappa shape index (κ2) is 5.68. The maximum Gasteiger partial charge on any atom is 0.317 e. The average Bonchev–Trinajstić information content (AvgIpc) is 2.36. The Morgan fingerprint density at radius 1 is 1.25 bits per heavy atom. The van der Waals surface area contributed by atoms with E-state index < -0.39 is 11.4 Å². The van der Waals surface area contributed by atoms with Gasteiger partial charge in [0.25, 0.3) is 0 Å². The number of aliphatic carboxylic acids is 1. The van der Waals surface area contributed by atoms with Crippen molar-refractivity contribution in [3.8, 4) is 0 Å². The van der Waals surface area contributed by atoms with E-state index in [0.29, 0.717) is 38.8 Å². The second-order valence-corrected chi connectivity index (χ2v) is 5.76. The fraction of sp³-hybridized carbons (Fsp3) is 0.769.